The molecule has 0 radical (unpaired) electrons. The molecule has 1 aliphatic carbocycles. The van der Waals surface area contributed by atoms with E-state index < -0.39 is 0 Å². The summed E-state index contributed by atoms with van der Waals surface area (Å²) in [6, 6.07) is 8.91. The minimum absolute atomic E-state index is 0.398. The highest BCUT2D eigenvalue weighted by Crippen LogP contribution is 2.29. The fourth-order valence-electron chi connectivity index (χ4n) is 2.48. The van der Waals surface area contributed by atoms with E-state index in [2.05, 4.69) is 43.4 Å². The third kappa shape index (κ3) is 4.54. The molecule has 2 rings (SSSR count). The van der Waals surface area contributed by atoms with Crippen molar-refractivity contribution in [1.29, 1.82) is 0 Å². The third-order valence-electron chi connectivity index (χ3n) is 4.08. The van der Waals surface area contributed by atoms with E-state index in [9.17, 15) is 0 Å². The van der Waals surface area contributed by atoms with E-state index in [1.54, 1.807) is 0 Å². The van der Waals surface area contributed by atoms with Crippen LogP contribution in [0.3, 0.4) is 0 Å². The van der Waals surface area contributed by atoms with Gasteiger partial charge in [0.05, 0.1) is 6.61 Å². The van der Waals surface area contributed by atoms with Crippen LogP contribution in [0.4, 0.5) is 0 Å². The molecule has 1 unspecified atom stereocenters. The molecule has 1 fully saturated rings. The van der Waals surface area contributed by atoms with Gasteiger partial charge in [0.1, 0.15) is 5.75 Å². The maximum atomic E-state index is 5.88. The SMILES string of the molecule is CCCNC(C)c1cccc(OCCC2CCC2)c1. The van der Waals surface area contributed by atoms with Crippen LogP contribution in [0.25, 0.3) is 0 Å². The molecular formula is C17H27NO. The first kappa shape index (κ1) is 14.4. The van der Waals surface area contributed by atoms with Crippen molar-refractivity contribution < 1.29 is 4.74 Å². The topological polar surface area (TPSA) is 21.3 Å². The van der Waals surface area contributed by atoms with E-state index in [0.29, 0.717) is 6.04 Å². The monoisotopic (exact) mass is 261 g/mol. The van der Waals surface area contributed by atoms with Gasteiger partial charge in [-0.1, -0.05) is 38.3 Å². The summed E-state index contributed by atoms with van der Waals surface area (Å²) in [4.78, 5) is 0. The van der Waals surface area contributed by atoms with E-state index in [4.69, 9.17) is 4.74 Å². The van der Waals surface area contributed by atoms with E-state index in [0.717, 1.165) is 24.8 Å². The Bertz CT molecular complexity index is 373. The van der Waals surface area contributed by atoms with Gasteiger partial charge in [-0.05, 0) is 49.9 Å². The van der Waals surface area contributed by atoms with Crippen LogP contribution in [0, 0.1) is 5.92 Å². The standard InChI is InChI=1S/C17H27NO/c1-3-11-18-14(2)16-8-5-9-17(13-16)19-12-10-15-6-4-7-15/h5,8-9,13-15,18H,3-4,6-7,10-12H2,1-2H3. The highest BCUT2D eigenvalue weighted by atomic mass is 16.5. The van der Waals surface area contributed by atoms with Crippen LogP contribution in [-0.2, 0) is 0 Å². The molecule has 1 N–H and O–H groups in total. The molecule has 1 aliphatic rings. The summed E-state index contributed by atoms with van der Waals surface area (Å²) in [5, 5.41) is 3.51. The molecule has 1 atom stereocenters. The molecule has 19 heavy (non-hydrogen) atoms. The van der Waals surface area contributed by atoms with Gasteiger partial charge >= 0.3 is 0 Å². The first-order valence-corrected chi connectivity index (χ1v) is 7.75. The Morgan fingerprint density at radius 3 is 2.89 bits per heavy atom. The van der Waals surface area contributed by atoms with Gasteiger partial charge in [-0.3, -0.25) is 0 Å². The molecule has 1 saturated carbocycles. The van der Waals surface area contributed by atoms with Crippen LogP contribution in [-0.4, -0.2) is 13.2 Å². The van der Waals surface area contributed by atoms with Crippen molar-refractivity contribution in [2.45, 2.75) is 52.0 Å². The molecule has 0 saturated heterocycles. The average molecular weight is 261 g/mol. The van der Waals surface area contributed by atoms with Crippen molar-refractivity contribution in [2.75, 3.05) is 13.2 Å². The second kappa shape index (κ2) is 7.54. The van der Waals surface area contributed by atoms with Crippen LogP contribution in [0.2, 0.25) is 0 Å². The first-order valence-electron chi connectivity index (χ1n) is 7.75. The molecule has 1 aromatic rings. The molecule has 106 valence electrons. The van der Waals surface area contributed by atoms with Gasteiger partial charge in [0, 0.05) is 6.04 Å². The average Bonchev–Trinajstić information content (AvgIpc) is 2.39. The lowest BCUT2D eigenvalue weighted by Gasteiger charge is -2.25. The van der Waals surface area contributed by atoms with Gasteiger partial charge in [0.25, 0.3) is 0 Å². The zero-order chi connectivity index (χ0) is 13.5. The van der Waals surface area contributed by atoms with Crippen molar-refractivity contribution in [3.8, 4) is 5.75 Å². The Balaban J connectivity index is 1.79. The molecule has 0 bridgehead atoms. The van der Waals surface area contributed by atoms with Crippen molar-refractivity contribution in [2.24, 2.45) is 5.92 Å². The lowest BCUT2D eigenvalue weighted by Crippen LogP contribution is -2.19. The lowest BCUT2D eigenvalue weighted by atomic mass is 9.83. The molecule has 0 amide bonds. The maximum absolute atomic E-state index is 5.88. The van der Waals surface area contributed by atoms with E-state index in [-0.39, 0.29) is 0 Å². The second-order valence-corrected chi connectivity index (χ2v) is 5.68. The molecular weight excluding hydrogens is 234 g/mol. The van der Waals surface area contributed by atoms with E-state index in [1.807, 2.05) is 0 Å². The van der Waals surface area contributed by atoms with Crippen LogP contribution in [0.15, 0.2) is 24.3 Å². The fraction of sp³-hybridized carbons (Fsp3) is 0.647. The summed E-state index contributed by atoms with van der Waals surface area (Å²) in [6.07, 6.45) is 6.61. The van der Waals surface area contributed by atoms with Gasteiger partial charge < -0.3 is 10.1 Å². The van der Waals surface area contributed by atoms with Crippen molar-refractivity contribution in [1.82, 2.24) is 5.32 Å². The number of rotatable bonds is 8. The van der Waals surface area contributed by atoms with E-state index in [1.165, 1.54) is 37.7 Å². The predicted molar refractivity (Wildman–Crippen MR) is 80.6 cm³/mol. The zero-order valence-corrected chi connectivity index (χ0v) is 12.3. The summed E-state index contributed by atoms with van der Waals surface area (Å²) in [6.45, 7) is 6.33. The quantitative estimate of drug-likeness (QED) is 0.752. The zero-order valence-electron chi connectivity index (χ0n) is 12.3. The van der Waals surface area contributed by atoms with Gasteiger partial charge in [-0.15, -0.1) is 0 Å². The largest absolute Gasteiger partial charge is 0.494 e. The smallest absolute Gasteiger partial charge is 0.119 e. The molecule has 1 aromatic carbocycles. The Labute approximate surface area is 117 Å². The second-order valence-electron chi connectivity index (χ2n) is 5.68. The first-order chi connectivity index (χ1) is 9.29. The summed E-state index contributed by atoms with van der Waals surface area (Å²) < 4.78 is 5.88. The fourth-order valence-corrected chi connectivity index (χ4v) is 2.48. The van der Waals surface area contributed by atoms with Gasteiger partial charge in [0.2, 0.25) is 0 Å². The van der Waals surface area contributed by atoms with Crippen molar-refractivity contribution >= 4 is 0 Å². The molecule has 0 aromatic heterocycles. The van der Waals surface area contributed by atoms with E-state index >= 15 is 0 Å². The van der Waals surface area contributed by atoms with Crippen LogP contribution in [0.5, 0.6) is 5.75 Å². The summed E-state index contributed by atoms with van der Waals surface area (Å²) in [5.41, 5.74) is 1.31. The molecule has 0 heterocycles. The number of ether oxygens (including phenoxy) is 1. The molecule has 0 spiro atoms. The number of hydrogen-bond donors (Lipinski definition) is 1. The lowest BCUT2D eigenvalue weighted by molar-refractivity contribution is 0.222. The Morgan fingerprint density at radius 1 is 1.37 bits per heavy atom. The van der Waals surface area contributed by atoms with Gasteiger partial charge in [-0.25, -0.2) is 0 Å². The number of hydrogen-bond acceptors (Lipinski definition) is 2. The predicted octanol–water partition coefficient (Wildman–Crippen LogP) is 4.32. The summed E-state index contributed by atoms with van der Waals surface area (Å²) in [7, 11) is 0. The number of nitrogens with one attached hydrogen (secondary N) is 1. The Hall–Kier alpha value is -1.02. The highest BCUT2D eigenvalue weighted by Gasteiger charge is 2.16. The minimum Gasteiger partial charge on any atom is -0.494 e. The molecule has 0 aliphatic heterocycles. The number of benzene rings is 1. The van der Waals surface area contributed by atoms with Gasteiger partial charge in [0.15, 0.2) is 0 Å². The van der Waals surface area contributed by atoms with Crippen LogP contribution >= 0.6 is 0 Å². The summed E-state index contributed by atoms with van der Waals surface area (Å²) in [5.74, 6) is 1.94. The highest BCUT2D eigenvalue weighted by molar-refractivity contribution is 5.30. The van der Waals surface area contributed by atoms with Crippen molar-refractivity contribution in [3.05, 3.63) is 29.8 Å². The van der Waals surface area contributed by atoms with Gasteiger partial charge in [-0.2, -0.15) is 0 Å². The summed E-state index contributed by atoms with van der Waals surface area (Å²) >= 11 is 0. The third-order valence-corrected chi connectivity index (χ3v) is 4.08. The molecule has 2 heteroatoms. The Kier molecular flexibility index (Phi) is 5.71. The van der Waals surface area contributed by atoms with Crippen LogP contribution < -0.4 is 10.1 Å². The van der Waals surface area contributed by atoms with Crippen LogP contribution in [0.1, 0.15) is 57.6 Å². The minimum atomic E-state index is 0.398. The van der Waals surface area contributed by atoms with Crippen molar-refractivity contribution in [3.63, 3.8) is 0 Å². The normalized spacial score (nSPS) is 16.9. The Morgan fingerprint density at radius 2 is 2.21 bits per heavy atom. The maximum Gasteiger partial charge on any atom is 0.119 e. The molecule has 2 nitrogen and oxygen atoms in total.